The number of alkyl carbamates (subject to hydrolysis) is 1. The van der Waals surface area contributed by atoms with Gasteiger partial charge in [-0.05, 0) is 38.8 Å². The maximum atomic E-state index is 11.1. The third-order valence-corrected chi connectivity index (χ3v) is 3.42. The first kappa shape index (κ1) is 10.7. The average Bonchev–Trinajstić information content (AvgIpc) is 2.45. The molecule has 2 fully saturated rings. The van der Waals surface area contributed by atoms with Gasteiger partial charge in [0.05, 0.1) is 5.54 Å². The van der Waals surface area contributed by atoms with Gasteiger partial charge in [-0.15, -0.1) is 0 Å². The van der Waals surface area contributed by atoms with Crippen molar-refractivity contribution >= 4 is 6.09 Å². The lowest BCUT2D eigenvalue weighted by Gasteiger charge is -2.24. The molecule has 15 heavy (non-hydrogen) atoms. The minimum atomic E-state index is -0.237. The smallest absolute Gasteiger partial charge is 0.407 e. The SMILES string of the molecule is CCCN1CCCC2(CC1)COC(=O)N2. The van der Waals surface area contributed by atoms with Gasteiger partial charge in [-0.1, -0.05) is 6.92 Å². The van der Waals surface area contributed by atoms with Gasteiger partial charge in [0.25, 0.3) is 0 Å². The first-order valence-electron chi connectivity index (χ1n) is 5.91. The highest BCUT2D eigenvalue weighted by molar-refractivity contribution is 5.70. The number of carbonyl (C=O) groups excluding carboxylic acids is 1. The zero-order valence-corrected chi connectivity index (χ0v) is 9.42. The van der Waals surface area contributed by atoms with Crippen LogP contribution in [-0.2, 0) is 4.74 Å². The molecule has 1 spiro atoms. The third kappa shape index (κ3) is 2.43. The minimum absolute atomic E-state index is 0.0560. The largest absolute Gasteiger partial charge is 0.447 e. The van der Waals surface area contributed by atoms with Crippen LogP contribution in [0.1, 0.15) is 32.6 Å². The van der Waals surface area contributed by atoms with E-state index in [2.05, 4.69) is 17.1 Å². The molecule has 0 aliphatic carbocycles. The van der Waals surface area contributed by atoms with E-state index in [-0.39, 0.29) is 11.6 Å². The Balaban J connectivity index is 1.92. The second-order valence-corrected chi connectivity index (χ2v) is 4.68. The predicted molar refractivity (Wildman–Crippen MR) is 57.8 cm³/mol. The summed E-state index contributed by atoms with van der Waals surface area (Å²) in [6.45, 7) is 6.18. The Morgan fingerprint density at radius 2 is 2.33 bits per heavy atom. The van der Waals surface area contributed by atoms with Gasteiger partial charge in [0.15, 0.2) is 0 Å². The number of cyclic esters (lactones) is 1. The molecular formula is C11H20N2O2. The highest BCUT2D eigenvalue weighted by Crippen LogP contribution is 2.26. The molecule has 4 heteroatoms. The molecule has 2 rings (SSSR count). The zero-order valence-electron chi connectivity index (χ0n) is 9.42. The molecule has 2 heterocycles. The van der Waals surface area contributed by atoms with E-state index in [0.717, 1.165) is 32.4 Å². The fourth-order valence-electron chi connectivity index (χ4n) is 2.55. The molecule has 2 aliphatic heterocycles. The van der Waals surface area contributed by atoms with Crippen LogP contribution in [0.25, 0.3) is 0 Å². The molecule has 0 radical (unpaired) electrons. The van der Waals surface area contributed by atoms with Gasteiger partial charge in [0, 0.05) is 6.54 Å². The standard InChI is InChI=1S/C11H20N2O2/c1-2-6-13-7-3-4-11(5-8-13)9-15-10(14)12-11/h2-9H2,1H3,(H,12,14). The summed E-state index contributed by atoms with van der Waals surface area (Å²) < 4.78 is 5.03. The van der Waals surface area contributed by atoms with Crippen LogP contribution in [0.3, 0.4) is 0 Å². The maximum absolute atomic E-state index is 11.1. The van der Waals surface area contributed by atoms with Crippen LogP contribution in [0.2, 0.25) is 0 Å². The second-order valence-electron chi connectivity index (χ2n) is 4.68. The van der Waals surface area contributed by atoms with Crippen LogP contribution >= 0.6 is 0 Å². The summed E-state index contributed by atoms with van der Waals surface area (Å²) >= 11 is 0. The lowest BCUT2D eigenvalue weighted by Crippen LogP contribution is -2.44. The molecule has 0 aromatic carbocycles. The second kappa shape index (κ2) is 4.39. The summed E-state index contributed by atoms with van der Waals surface area (Å²) in [5, 5.41) is 2.98. The van der Waals surface area contributed by atoms with Crippen molar-refractivity contribution in [2.24, 2.45) is 0 Å². The van der Waals surface area contributed by atoms with Gasteiger partial charge in [0.2, 0.25) is 0 Å². The van der Waals surface area contributed by atoms with Gasteiger partial charge in [0.1, 0.15) is 6.61 Å². The van der Waals surface area contributed by atoms with E-state index in [1.54, 1.807) is 0 Å². The molecule has 4 nitrogen and oxygen atoms in total. The Kier molecular flexibility index (Phi) is 3.14. The van der Waals surface area contributed by atoms with E-state index in [1.165, 1.54) is 13.0 Å². The van der Waals surface area contributed by atoms with Crippen LogP contribution in [0, 0.1) is 0 Å². The molecular weight excluding hydrogens is 192 g/mol. The molecule has 1 unspecified atom stereocenters. The highest BCUT2D eigenvalue weighted by Gasteiger charge is 2.40. The summed E-state index contributed by atoms with van der Waals surface area (Å²) in [5.41, 5.74) is -0.0560. The van der Waals surface area contributed by atoms with Crippen LogP contribution in [0.5, 0.6) is 0 Å². The van der Waals surface area contributed by atoms with Crippen molar-refractivity contribution in [1.29, 1.82) is 0 Å². The van der Waals surface area contributed by atoms with Crippen molar-refractivity contribution in [3.8, 4) is 0 Å². The Hall–Kier alpha value is -0.770. The average molecular weight is 212 g/mol. The van der Waals surface area contributed by atoms with E-state index in [4.69, 9.17) is 4.74 Å². The molecule has 1 N–H and O–H groups in total. The lowest BCUT2D eigenvalue weighted by atomic mass is 9.92. The Labute approximate surface area is 91.0 Å². The summed E-state index contributed by atoms with van der Waals surface area (Å²) in [7, 11) is 0. The highest BCUT2D eigenvalue weighted by atomic mass is 16.6. The van der Waals surface area contributed by atoms with Crippen molar-refractivity contribution in [2.75, 3.05) is 26.2 Å². The van der Waals surface area contributed by atoms with Crippen molar-refractivity contribution in [3.63, 3.8) is 0 Å². The van der Waals surface area contributed by atoms with Gasteiger partial charge in [-0.2, -0.15) is 0 Å². The number of amides is 1. The number of nitrogens with zero attached hydrogens (tertiary/aromatic N) is 1. The molecule has 0 bridgehead atoms. The molecule has 2 saturated heterocycles. The van der Waals surface area contributed by atoms with Crippen molar-refractivity contribution in [3.05, 3.63) is 0 Å². The van der Waals surface area contributed by atoms with Gasteiger partial charge >= 0.3 is 6.09 Å². The van der Waals surface area contributed by atoms with E-state index >= 15 is 0 Å². The quantitative estimate of drug-likeness (QED) is 0.751. The molecule has 0 aromatic heterocycles. The maximum Gasteiger partial charge on any atom is 0.407 e. The van der Waals surface area contributed by atoms with E-state index in [9.17, 15) is 4.79 Å². The lowest BCUT2D eigenvalue weighted by molar-refractivity contribution is 0.169. The van der Waals surface area contributed by atoms with Crippen molar-refractivity contribution < 1.29 is 9.53 Å². The summed E-state index contributed by atoms with van der Waals surface area (Å²) in [6, 6.07) is 0. The van der Waals surface area contributed by atoms with Gasteiger partial charge in [-0.25, -0.2) is 4.79 Å². The zero-order chi connectivity index (χ0) is 10.7. The summed E-state index contributed by atoms with van der Waals surface area (Å²) in [4.78, 5) is 13.6. The number of likely N-dealkylation sites (tertiary alicyclic amines) is 1. The molecule has 86 valence electrons. The Morgan fingerprint density at radius 3 is 3.00 bits per heavy atom. The molecule has 0 aromatic rings. The molecule has 1 atom stereocenters. The van der Waals surface area contributed by atoms with Gasteiger partial charge < -0.3 is 15.0 Å². The van der Waals surface area contributed by atoms with Gasteiger partial charge in [-0.3, -0.25) is 0 Å². The van der Waals surface area contributed by atoms with Crippen LogP contribution in [0.15, 0.2) is 0 Å². The topological polar surface area (TPSA) is 41.6 Å². The number of ether oxygens (including phenoxy) is 1. The van der Waals surface area contributed by atoms with E-state index in [0.29, 0.717) is 6.61 Å². The fraction of sp³-hybridized carbons (Fsp3) is 0.909. The minimum Gasteiger partial charge on any atom is -0.447 e. The van der Waals surface area contributed by atoms with Crippen LogP contribution in [-0.4, -0.2) is 42.8 Å². The van der Waals surface area contributed by atoms with Crippen molar-refractivity contribution in [1.82, 2.24) is 10.2 Å². The first-order valence-corrected chi connectivity index (χ1v) is 5.91. The fourth-order valence-corrected chi connectivity index (χ4v) is 2.55. The normalized spacial score (nSPS) is 32.5. The predicted octanol–water partition coefficient (Wildman–Crippen LogP) is 1.36. The molecule has 0 saturated carbocycles. The summed E-state index contributed by atoms with van der Waals surface area (Å²) in [6.07, 6.45) is 4.20. The molecule has 2 aliphatic rings. The Morgan fingerprint density at radius 1 is 1.47 bits per heavy atom. The number of hydrogen-bond donors (Lipinski definition) is 1. The van der Waals surface area contributed by atoms with Crippen LogP contribution in [0.4, 0.5) is 4.79 Å². The number of nitrogens with one attached hydrogen (secondary N) is 1. The van der Waals surface area contributed by atoms with E-state index in [1.807, 2.05) is 0 Å². The molecule has 1 amide bonds. The number of carbonyl (C=O) groups is 1. The monoisotopic (exact) mass is 212 g/mol. The summed E-state index contributed by atoms with van der Waals surface area (Å²) in [5.74, 6) is 0. The third-order valence-electron chi connectivity index (χ3n) is 3.42. The van der Waals surface area contributed by atoms with Crippen LogP contribution < -0.4 is 5.32 Å². The first-order chi connectivity index (χ1) is 7.24. The van der Waals surface area contributed by atoms with E-state index < -0.39 is 0 Å². The number of rotatable bonds is 2. The number of hydrogen-bond acceptors (Lipinski definition) is 3. The Bertz CT molecular complexity index is 245. The van der Waals surface area contributed by atoms with Crippen molar-refractivity contribution in [2.45, 2.75) is 38.1 Å².